The number of hydrogen-bond donors (Lipinski definition) is 1. The molecule has 0 bridgehead atoms. The van der Waals surface area contributed by atoms with Gasteiger partial charge in [-0.1, -0.05) is 19.4 Å². The Balaban J connectivity index is 2.63. The standard InChI is InChI=1S/C9H17N/c1-4-8-6-5-7-10-9(8,2)3/h5,7-8,10H,4,6H2,1-3H3. The third-order valence-corrected chi connectivity index (χ3v) is 2.51. The molecule has 1 unspecified atom stereocenters. The molecule has 0 saturated carbocycles. The molecule has 0 saturated heterocycles. The SMILES string of the molecule is CCC1CC=CNC1(C)C. The van der Waals surface area contributed by atoms with Crippen LogP contribution in [0.15, 0.2) is 12.3 Å². The van der Waals surface area contributed by atoms with E-state index in [9.17, 15) is 0 Å². The molecule has 1 aliphatic heterocycles. The molecular formula is C9H17N. The molecule has 0 aromatic rings. The van der Waals surface area contributed by atoms with Crippen LogP contribution < -0.4 is 5.32 Å². The minimum atomic E-state index is 0.309. The van der Waals surface area contributed by atoms with Crippen LogP contribution in [0, 0.1) is 5.92 Å². The van der Waals surface area contributed by atoms with E-state index in [0.29, 0.717) is 5.54 Å². The average Bonchev–Trinajstić information content (AvgIpc) is 1.87. The Kier molecular flexibility index (Phi) is 2.02. The van der Waals surface area contributed by atoms with Crippen molar-refractivity contribution in [2.45, 2.75) is 39.2 Å². The van der Waals surface area contributed by atoms with Gasteiger partial charge in [-0.05, 0) is 32.4 Å². The van der Waals surface area contributed by atoms with Crippen molar-refractivity contribution in [3.05, 3.63) is 12.3 Å². The molecule has 0 aromatic heterocycles. The fourth-order valence-corrected chi connectivity index (χ4v) is 1.60. The molecule has 1 heterocycles. The van der Waals surface area contributed by atoms with Crippen LogP contribution in [0.3, 0.4) is 0 Å². The smallest absolute Gasteiger partial charge is 0.0342 e. The van der Waals surface area contributed by atoms with E-state index in [2.05, 4.69) is 38.4 Å². The van der Waals surface area contributed by atoms with Gasteiger partial charge in [0.25, 0.3) is 0 Å². The molecule has 1 aliphatic rings. The predicted molar refractivity (Wildman–Crippen MR) is 44.8 cm³/mol. The van der Waals surface area contributed by atoms with E-state index in [4.69, 9.17) is 0 Å². The summed E-state index contributed by atoms with van der Waals surface area (Å²) in [5, 5.41) is 3.38. The molecule has 0 spiro atoms. The van der Waals surface area contributed by atoms with Crippen molar-refractivity contribution in [1.82, 2.24) is 5.32 Å². The van der Waals surface area contributed by atoms with Gasteiger partial charge in [-0.25, -0.2) is 0 Å². The summed E-state index contributed by atoms with van der Waals surface area (Å²) in [4.78, 5) is 0. The first-order valence-electron chi connectivity index (χ1n) is 4.09. The number of nitrogens with one attached hydrogen (secondary N) is 1. The molecule has 0 aromatic carbocycles. The molecule has 0 fully saturated rings. The third-order valence-electron chi connectivity index (χ3n) is 2.51. The van der Waals surface area contributed by atoms with Gasteiger partial charge < -0.3 is 5.32 Å². The van der Waals surface area contributed by atoms with E-state index in [-0.39, 0.29) is 0 Å². The monoisotopic (exact) mass is 139 g/mol. The van der Waals surface area contributed by atoms with Gasteiger partial charge in [0.1, 0.15) is 0 Å². The van der Waals surface area contributed by atoms with E-state index in [0.717, 1.165) is 5.92 Å². The lowest BCUT2D eigenvalue weighted by Gasteiger charge is -2.36. The molecule has 1 heteroatoms. The van der Waals surface area contributed by atoms with Crippen molar-refractivity contribution >= 4 is 0 Å². The van der Waals surface area contributed by atoms with E-state index in [1.807, 2.05) is 0 Å². The first-order chi connectivity index (χ1) is 4.67. The van der Waals surface area contributed by atoms with E-state index in [1.165, 1.54) is 12.8 Å². The highest BCUT2D eigenvalue weighted by Crippen LogP contribution is 2.26. The van der Waals surface area contributed by atoms with Crippen LogP contribution in [0.4, 0.5) is 0 Å². The Bertz CT molecular complexity index is 136. The molecule has 1 rings (SSSR count). The van der Waals surface area contributed by atoms with Gasteiger partial charge in [0.15, 0.2) is 0 Å². The second kappa shape index (κ2) is 2.65. The minimum absolute atomic E-state index is 0.309. The van der Waals surface area contributed by atoms with Crippen LogP contribution >= 0.6 is 0 Å². The highest BCUT2D eigenvalue weighted by Gasteiger charge is 2.27. The van der Waals surface area contributed by atoms with Crippen LogP contribution in [-0.4, -0.2) is 5.54 Å². The van der Waals surface area contributed by atoms with E-state index in [1.54, 1.807) is 0 Å². The van der Waals surface area contributed by atoms with Crippen molar-refractivity contribution in [2.75, 3.05) is 0 Å². The highest BCUT2D eigenvalue weighted by atomic mass is 15.0. The fourth-order valence-electron chi connectivity index (χ4n) is 1.60. The minimum Gasteiger partial charge on any atom is -0.386 e. The zero-order chi connectivity index (χ0) is 7.61. The van der Waals surface area contributed by atoms with Crippen molar-refractivity contribution in [3.8, 4) is 0 Å². The quantitative estimate of drug-likeness (QED) is 0.587. The van der Waals surface area contributed by atoms with Crippen LogP contribution in [0.25, 0.3) is 0 Å². The number of rotatable bonds is 1. The van der Waals surface area contributed by atoms with Gasteiger partial charge in [-0.2, -0.15) is 0 Å². The normalized spacial score (nSPS) is 29.7. The van der Waals surface area contributed by atoms with Gasteiger partial charge >= 0.3 is 0 Å². The van der Waals surface area contributed by atoms with Crippen LogP contribution in [-0.2, 0) is 0 Å². The summed E-state index contributed by atoms with van der Waals surface area (Å²) in [7, 11) is 0. The molecule has 0 radical (unpaired) electrons. The van der Waals surface area contributed by atoms with Crippen molar-refractivity contribution in [1.29, 1.82) is 0 Å². The topological polar surface area (TPSA) is 12.0 Å². The second-order valence-electron chi connectivity index (χ2n) is 3.61. The molecule has 58 valence electrons. The average molecular weight is 139 g/mol. The van der Waals surface area contributed by atoms with Crippen LogP contribution in [0.2, 0.25) is 0 Å². The maximum Gasteiger partial charge on any atom is 0.0342 e. The summed E-state index contributed by atoms with van der Waals surface area (Å²) < 4.78 is 0. The second-order valence-corrected chi connectivity index (χ2v) is 3.61. The third kappa shape index (κ3) is 1.34. The van der Waals surface area contributed by atoms with Crippen molar-refractivity contribution in [2.24, 2.45) is 5.92 Å². The van der Waals surface area contributed by atoms with Gasteiger partial charge in [-0.15, -0.1) is 0 Å². The van der Waals surface area contributed by atoms with E-state index < -0.39 is 0 Å². The lowest BCUT2D eigenvalue weighted by molar-refractivity contribution is 0.260. The molecule has 1 atom stereocenters. The predicted octanol–water partition coefficient (Wildman–Crippen LogP) is 2.30. The number of hydrogen-bond acceptors (Lipinski definition) is 1. The molecule has 0 aliphatic carbocycles. The van der Waals surface area contributed by atoms with Gasteiger partial charge in [-0.3, -0.25) is 0 Å². The van der Waals surface area contributed by atoms with Gasteiger partial charge in [0.2, 0.25) is 0 Å². The summed E-state index contributed by atoms with van der Waals surface area (Å²) >= 11 is 0. The summed E-state index contributed by atoms with van der Waals surface area (Å²) in [5.74, 6) is 0.803. The van der Waals surface area contributed by atoms with Gasteiger partial charge in [0.05, 0.1) is 0 Å². The molecule has 0 amide bonds. The van der Waals surface area contributed by atoms with E-state index >= 15 is 0 Å². The fraction of sp³-hybridized carbons (Fsp3) is 0.778. The summed E-state index contributed by atoms with van der Waals surface area (Å²) in [6.45, 7) is 6.79. The highest BCUT2D eigenvalue weighted by molar-refractivity contribution is 5.00. The summed E-state index contributed by atoms with van der Waals surface area (Å²) in [5.41, 5.74) is 0.309. The maximum atomic E-state index is 3.38. The summed E-state index contributed by atoms with van der Waals surface area (Å²) in [6.07, 6.45) is 6.80. The van der Waals surface area contributed by atoms with Crippen LogP contribution in [0.1, 0.15) is 33.6 Å². The molecule has 10 heavy (non-hydrogen) atoms. The zero-order valence-corrected chi connectivity index (χ0v) is 7.15. The Hall–Kier alpha value is -0.460. The Morgan fingerprint density at radius 3 is 2.70 bits per heavy atom. The summed E-state index contributed by atoms with van der Waals surface area (Å²) in [6, 6.07) is 0. The first kappa shape index (κ1) is 7.64. The number of allylic oxidation sites excluding steroid dienone is 1. The molecule has 1 nitrogen and oxygen atoms in total. The molecular weight excluding hydrogens is 122 g/mol. The molecule has 1 N–H and O–H groups in total. The van der Waals surface area contributed by atoms with Crippen LogP contribution in [0.5, 0.6) is 0 Å². The Morgan fingerprint density at radius 1 is 1.60 bits per heavy atom. The van der Waals surface area contributed by atoms with Crippen molar-refractivity contribution in [3.63, 3.8) is 0 Å². The van der Waals surface area contributed by atoms with Crippen molar-refractivity contribution < 1.29 is 0 Å². The zero-order valence-electron chi connectivity index (χ0n) is 7.15. The lowest BCUT2D eigenvalue weighted by atomic mass is 9.81. The lowest BCUT2D eigenvalue weighted by Crippen LogP contribution is -2.44. The van der Waals surface area contributed by atoms with Gasteiger partial charge in [0, 0.05) is 5.54 Å². The first-order valence-corrected chi connectivity index (χ1v) is 4.09. The maximum absolute atomic E-state index is 3.38. The largest absolute Gasteiger partial charge is 0.386 e. The Morgan fingerprint density at radius 2 is 2.30 bits per heavy atom. The Labute approximate surface area is 63.5 Å².